The molecule has 0 unspecified atom stereocenters. The van der Waals surface area contributed by atoms with E-state index in [2.05, 4.69) is 10.3 Å². The Morgan fingerprint density at radius 3 is 2.65 bits per heavy atom. The summed E-state index contributed by atoms with van der Waals surface area (Å²) < 4.78 is 13.0. The molecule has 0 spiro atoms. The predicted molar refractivity (Wildman–Crippen MR) is 70.6 cm³/mol. The summed E-state index contributed by atoms with van der Waals surface area (Å²) in [6.45, 7) is 0. The van der Waals surface area contributed by atoms with E-state index in [1.165, 1.54) is 24.4 Å². The lowest BCUT2D eigenvalue weighted by atomic mass is 10.1. The van der Waals surface area contributed by atoms with Crippen LogP contribution >= 0.6 is 11.6 Å². The highest BCUT2D eigenvalue weighted by molar-refractivity contribution is 6.31. The average Bonchev–Trinajstić information content (AvgIpc) is 2.43. The maximum absolute atomic E-state index is 13.0. The van der Waals surface area contributed by atoms with Gasteiger partial charge in [0.2, 0.25) is 0 Å². The van der Waals surface area contributed by atoms with Gasteiger partial charge in [-0.15, -0.1) is 0 Å². The molecule has 0 saturated heterocycles. The summed E-state index contributed by atoms with van der Waals surface area (Å²) in [5.41, 5.74) is -0.0132. The lowest BCUT2D eigenvalue weighted by Crippen LogP contribution is -2.16. The highest BCUT2D eigenvalue weighted by atomic mass is 35.5. The Labute approximate surface area is 118 Å². The highest BCUT2D eigenvalue weighted by Gasteiger charge is 2.16. The number of carboxylic acid groups (broad SMARTS) is 1. The van der Waals surface area contributed by atoms with Crippen molar-refractivity contribution in [3.63, 3.8) is 0 Å². The molecule has 1 amide bonds. The van der Waals surface area contributed by atoms with Crippen LogP contribution in [0.4, 0.5) is 10.1 Å². The quantitative estimate of drug-likeness (QED) is 0.912. The first-order chi connectivity index (χ1) is 9.49. The monoisotopic (exact) mass is 294 g/mol. The fourth-order valence-electron chi connectivity index (χ4n) is 1.54. The number of aromatic nitrogens is 1. The van der Waals surface area contributed by atoms with Gasteiger partial charge in [-0.05, 0) is 24.3 Å². The predicted octanol–water partition coefficient (Wildman–Crippen LogP) is 2.82. The van der Waals surface area contributed by atoms with Gasteiger partial charge in [-0.1, -0.05) is 11.6 Å². The van der Waals surface area contributed by atoms with Crippen molar-refractivity contribution in [2.75, 3.05) is 5.32 Å². The molecule has 1 aromatic carbocycles. The number of rotatable bonds is 3. The van der Waals surface area contributed by atoms with Gasteiger partial charge in [-0.25, -0.2) is 9.18 Å². The van der Waals surface area contributed by atoms with Crippen LogP contribution in [-0.4, -0.2) is 22.0 Å². The number of carbonyl (C=O) groups excluding carboxylic acids is 1. The first-order valence-corrected chi connectivity index (χ1v) is 5.80. The summed E-state index contributed by atoms with van der Waals surface area (Å²) in [5, 5.41) is 11.3. The molecule has 7 heteroatoms. The van der Waals surface area contributed by atoms with Crippen molar-refractivity contribution in [1.29, 1.82) is 0 Å². The van der Waals surface area contributed by atoms with Crippen molar-refractivity contribution >= 4 is 29.2 Å². The molecule has 0 atom stereocenters. The van der Waals surface area contributed by atoms with Crippen LogP contribution in [0.2, 0.25) is 5.02 Å². The number of carboxylic acids is 1. The number of halogens is 2. The molecule has 0 aliphatic heterocycles. The number of nitrogens with one attached hydrogen (secondary N) is 1. The zero-order valence-corrected chi connectivity index (χ0v) is 10.7. The summed E-state index contributed by atoms with van der Waals surface area (Å²) >= 11 is 5.59. The zero-order chi connectivity index (χ0) is 14.7. The summed E-state index contributed by atoms with van der Waals surface area (Å²) in [4.78, 5) is 26.6. The molecule has 1 aromatic heterocycles. The third kappa shape index (κ3) is 2.92. The average molecular weight is 295 g/mol. The molecule has 2 N–H and O–H groups in total. The topological polar surface area (TPSA) is 79.3 Å². The minimum atomic E-state index is -1.26. The first kappa shape index (κ1) is 14.0. The SMILES string of the molecule is O=C(O)c1cnccc1C(=O)Nc1ccc(F)c(Cl)c1. The van der Waals surface area contributed by atoms with Crippen LogP contribution in [-0.2, 0) is 0 Å². The molecule has 20 heavy (non-hydrogen) atoms. The Balaban J connectivity index is 2.28. The summed E-state index contributed by atoms with van der Waals surface area (Å²) in [7, 11) is 0. The second kappa shape index (κ2) is 5.66. The maximum Gasteiger partial charge on any atom is 0.338 e. The van der Waals surface area contributed by atoms with Crippen molar-refractivity contribution in [2.45, 2.75) is 0 Å². The second-order valence-electron chi connectivity index (χ2n) is 3.81. The maximum atomic E-state index is 13.0. The molecule has 2 aromatic rings. The smallest absolute Gasteiger partial charge is 0.338 e. The molecule has 5 nitrogen and oxygen atoms in total. The number of benzene rings is 1. The highest BCUT2D eigenvalue weighted by Crippen LogP contribution is 2.20. The second-order valence-corrected chi connectivity index (χ2v) is 4.22. The van der Waals surface area contributed by atoms with Gasteiger partial charge < -0.3 is 10.4 Å². The summed E-state index contributed by atoms with van der Waals surface area (Å²) in [5.74, 6) is -2.52. The lowest BCUT2D eigenvalue weighted by molar-refractivity contribution is 0.0692. The minimum Gasteiger partial charge on any atom is -0.478 e. The number of hydrogen-bond donors (Lipinski definition) is 2. The zero-order valence-electron chi connectivity index (χ0n) is 9.93. The Bertz CT molecular complexity index is 691. The van der Waals surface area contributed by atoms with Crippen LogP contribution in [0.3, 0.4) is 0 Å². The summed E-state index contributed by atoms with van der Waals surface area (Å²) in [6, 6.07) is 4.93. The van der Waals surface area contributed by atoms with Gasteiger partial charge in [-0.2, -0.15) is 0 Å². The Morgan fingerprint density at radius 2 is 2.00 bits per heavy atom. The van der Waals surface area contributed by atoms with E-state index in [0.717, 1.165) is 12.3 Å². The molecular formula is C13H8ClFN2O3. The largest absolute Gasteiger partial charge is 0.478 e. The van der Waals surface area contributed by atoms with Crippen LogP contribution < -0.4 is 5.32 Å². The van der Waals surface area contributed by atoms with Gasteiger partial charge >= 0.3 is 5.97 Å². The third-order valence-corrected chi connectivity index (χ3v) is 2.76. The van der Waals surface area contributed by atoms with Crippen LogP contribution in [0.15, 0.2) is 36.7 Å². The van der Waals surface area contributed by atoms with Crippen LogP contribution in [0.25, 0.3) is 0 Å². The Hall–Kier alpha value is -2.47. The van der Waals surface area contributed by atoms with E-state index < -0.39 is 17.7 Å². The van der Waals surface area contributed by atoms with Crippen molar-refractivity contribution in [1.82, 2.24) is 4.98 Å². The minimum absolute atomic E-state index is 0.0482. The van der Waals surface area contributed by atoms with E-state index >= 15 is 0 Å². The molecular weight excluding hydrogens is 287 g/mol. The van der Waals surface area contributed by atoms with Crippen molar-refractivity contribution in [2.24, 2.45) is 0 Å². The number of aromatic carboxylic acids is 1. The van der Waals surface area contributed by atoms with E-state index in [-0.39, 0.29) is 21.8 Å². The van der Waals surface area contributed by atoms with E-state index in [9.17, 15) is 14.0 Å². The lowest BCUT2D eigenvalue weighted by Gasteiger charge is -2.07. The van der Waals surface area contributed by atoms with E-state index in [1.54, 1.807) is 0 Å². The summed E-state index contributed by atoms with van der Waals surface area (Å²) in [6.07, 6.45) is 2.38. The fraction of sp³-hybridized carbons (Fsp3) is 0. The normalized spacial score (nSPS) is 10.1. The Kier molecular flexibility index (Phi) is 3.95. The van der Waals surface area contributed by atoms with Gasteiger partial charge in [-0.3, -0.25) is 9.78 Å². The molecule has 0 saturated carbocycles. The molecule has 2 rings (SSSR count). The standard InChI is InChI=1S/C13H8ClFN2O3/c14-10-5-7(1-2-11(10)15)17-12(18)8-3-4-16-6-9(8)13(19)20/h1-6H,(H,17,18)(H,19,20). The van der Waals surface area contributed by atoms with Crippen LogP contribution in [0.5, 0.6) is 0 Å². The number of amides is 1. The van der Waals surface area contributed by atoms with Gasteiger partial charge in [0, 0.05) is 18.1 Å². The van der Waals surface area contributed by atoms with Gasteiger partial charge in [0.15, 0.2) is 0 Å². The molecule has 0 aliphatic carbocycles. The number of anilines is 1. The van der Waals surface area contributed by atoms with E-state index in [1.807, 2.05) is 0 Å². The van der Waals surface area contributed by atoms with Crippen LogP contribution in [0, 0.1) is 5.82 Å². The Morgan fingerprint density at radius 1 is 1.25 bits per heavy atom. The molecule has 1 heterocycles. The van der Waals surface area contributed by atoms with Gasteiger partial charge in [0.25, 0.3) is 5.91 Å². The van der Waals surface area contributed by atoms with Crippen molar-refractivity contribution in [3.05, 3.63) is 58.6 Å². The van der Waals surface area contributed by atoms with Crippen LogP contribution in [0.1, 0.15) is 20.7 Å². The number of nitrogens with zero attached hydrogens (tertiary/aromatic N) is 1. The van der Waals surface area contributed by atoms with Gasteiger partial charge in [0.1, 0.15) is 5.82 Å². The molecule has 0 fully saturated rings. The van der Waals surface area contributed by atoms with E-state index in [0.29, 0.717) is 0 Å². The fourth-order valence-corrected chi connectivity index (χ4v) is 1.72. The number of pyridine rings is 1. The number of hydrogen-bond acceptors (Lipinski definition) is 3. The molecule has 0 radical (unpaired) electrons. The third-order valence-electron chi connectivity index (χ3n) is 2.47. The first-order valence-electron chi connectivity index (χ1n) is 5.42. The van der Waals surface area contributed by atoms with Crippen molar-refractivity contribution in [3.8, 4) is 0 Å². The molecule has 0 aliphatic rings. The van der Waals surface area contributed by atoms with E-state index in [4.69, 9.17) is 16.7 Å². The van der Waals surface area contributed by atoms with Gasteiger partial charge in [0.05, 0.1) is 16.1 Å². The van der Waals surface area contributed by atoms with Crippen molar-refractivity contribution < 1.29 is 19.1 Å². The molecule has 0 bridgehead atoms. The molecule has 102 valence electrons. The number of carbonyl (C=O) groups is 2.